The average molecular weight is 272 g/mol. The standard InChI is InChI=1S/C18H28N2/c1-13-7-5-6-8-17(13)15(3)20-12-18(4,16-9-10-16)19-11-14(20)2/h5-8,14-16,19H,9-12H2,1-4H3. The SMILES string of the molecule is Cc1ccccc1C(C)N1CC(C)(C2CC2)NCC1C. The van der Waals surface area contributed by atoms with E-state index in [1.54, 1.807) is 0 Å². The van der Waals surface area contributed by atoms with Gasteiger partial charge in [0.1, 0.15) is 0 Å². The van der Waals surface area contributed by atoms with Crippen LogP contribution in [0.5, 0.6) is 0 Å². The lowest BCUT2D eigenvalue weighted by molar-refractivity contribution is 0.0515. The van der Waals surface area contributed by atoms with E-state index in [1.807, 2.05) is 0 Å². The van der Waals surface area contributed by atoms with Crippen LogP contribution in [-0.4, -0.2) is 29.6 Å². The Hall–Kier alpha value is -0.860. The molecule has 0 aromatic heterocycles. The van der Waals surface area contributed by atoms with Crippen LogP contribution in [0.25, 0.3) is 0 Å². The second-order valence-electron chi connectivity index (χ2n) is 7.13. The Morgan fingerprint density at radius 1 is 1.30 bits per heavy atom. The van der Waals surface area contributed by atoms with Crippen molar-refractivity contribution in [2.24, 2.45) is 5.92 Å². The van der Waals surface area contributed by atoms with E-state index in [4.69, 9.17) is 0 Å². The van der Waals surface area contributed by atoms with Crippen molar-refractivity contribution in [1.29, 1.82) is 0 Å². The van der Waals surface area contributed by atoms with Gasteiger partial charge in [0.15, 0.2) is 0 Å². The Morgan fingerprint density at radius 3 is 2.65 bits per heavy atom. The van der Waals surface area contributed by atoms with E-state index in [0.29, 0.717) is 17.6 Å². The summed E-state index contributed by atoms with van der Waals surface area (Å²) in [5.41, 5.74) is 3.22. The monoisotopic (exact) mass is 272 g/mol. The molecule has 1 saturated heterocycles. The first-order valence-electron chi connectivity index (χ1n) is 8.07. The van der Waals surface area contributed by atoms with E-state index in [0.717, 1.165) is 12.5 Å². The molecule has 1 aliphatic carbocycles. The first-order chi connectivity index (χ1) is 9.51. The molecule has 20 heavy (non-hydrogen) atoms. The molecule has 0 spiro atoms. The summed E-state index contributed by atoms with van der Waals surface area (Å²) in [6.07, 6.45) is 2.81. The molecule has 3 rings (SSSR count). The lowest BCUT2D eigenvalue weighted by Crippen LogP contribution is -2.63. The predicted molar refractivity (Wildman–Crippen MR) is 84.9 cm³/mol. The first kappa shape index (κ1) is 14.1. The quantitative estimate of drug-likeness (QED) is 0.905. The third-order valence-corrected chi connectivity index (χ3v) is 5.49. The van der Waals surface area contributed by atoms with Crippen molar-refractivity contribution >= 4 is 0 Å². The molecule has 2 nitrogen and oxygen atoms in total. The number of hydrogen-bond donors (Lipinski definition) is 1. The molecule has 3 atom stereocenters. The average Bonchev–Trinajstić information content (AvgIpc) is 3.26. The van der Waals surface area contributed by atoms with Crippen LogP contribution in [0.4, 0.5) is 0 Å². The summed E-state index contributed by atoms with van der Waals surface area (Å²) in [6, 6.07) is 9.96. The van der Waals surface area contributed by atoms with Gasteiger partial charge in [0.05, 0.1) is 0 Å². The van der Waals surface area contributed by atoms with E-state index in [9.17, 15) is 0 Å². The van der Waals surface area contributed by atoms with Crippen LogP contribution in [0.3, 0.4) is 0 Å². The highest BCUT2D eigenvalue weighted by Crippen LogP contribution is 2.42. The van der Waals surface area contributed by atoms with E-state index >= 15 is 0 Å². The van der Waals surface area contributed by atoms with Crippen molar-refractivity contribution in [2.75, 3.05) is 13.1 Å². The molecule has 2 aliphatic rings. The van der Waals surface area contributed by atoms with Gasteiger partial charge in [-0.25, -0.2) is 0 Å². The number of nitrogens with one attached hydrogen (secondary N) is 1. The molecular weight excluding hydrogens is 244 g/mol. The Labute approximate surface area is 123 Å². The molecule has 2 heteroatoms. The van der Waals surface area contributed by atoms with Gasteiger partial charge >= 0.3 is 0 Å². The maximum atomic E-state index is 3.82. The molecule has 1 aliphatic heterocycles. The van der Waals surface area contributed by atoms with E-state index in [2.05, 4.69) is 62.2 Å². The summed E-state index contributed by atoms with van der Waals surface area (Å²) in [6.45, 7) is 11.7. The van der Waals surface area contributed by atoms with Gasteiger partial charge in [-0.1, -0.05) is 24.3 Å². The summed E-state index contributed by atoms with van der Waals surface area (Å²) >= 11 is 0. The Kier molecular flexibility index (Phi) is 3.64. The molecule has 1 saturated carbocycles. The lowest BCUT2D eigenvalue weighted by atomic mass is 9.89. The largest absolute Gasteiger partial charge is 0.308 e. The summed E-state index contributed by atoms with van der Waals surface area (Å²) in [4.78, 5) is 2.71. The highest BCUT2D eigenvalue weighted by atomic mass is 15.3. The summed E-state index contributed by atoms with van der Waals surface area (Å²) in [7, 11) is 0. The van der Waals surface area contributed by atoms with Crippen molar-refractivity contribution < 1.29 is 0 Å². The molecule has 0 radical (unpaired) electrons. The molecule has 2 fully saturated rings. The van der Waals surface area contributed by atoms with Crippen molar-refractivity contribution in [3.8, 4) is 0 Å². The number of nitrogens with zero attached hydrogens (tertiary/aromatic N) is 1. The first-order valence-corrected chi connectivity index (χ1v) is 8.07. The Morgan fingerprint density at radius 2 is 2.00 bits per heavy atom. The highest BCUT2D eigenvalue weighted by molar-refractivity contribution is 5.28. The Balaban J connectivity index is 1.82. The maximum absolute atomic E-state index is 3.82. The fourth-order valence-electron chi connectivity index (χ4n) is 3.84. The smallest absolute Gasteiger partial charge is 0.0326 e. The van der Waals surface area contributed by atoms with Crippen LogP contribution in [0.1, 0.15) is 50.8 Å². The molecule has 110 valence electrons. The van der Waals surface area contributed by atoms with Crippen LogP contribution >= 0.6 is 0 Å². The minimum absolute atomic E-state index is 0.323. The minimum atomic E-state index is 0.323. The van der Waals surface area contributed by atoms with Crippen LogP contribution in [0.2, 0.25) is 0 Å². The van der Waals surface area contributed by atoms with E-state index in [-0.39, 0.29) is 0 Å². The topological polar surface area (TPSA) is 15.3 Å². The van der Waals surface area contributed by atoms with Crippen molar-refractivity contribution in [2.45, 2.75) is 58.2 Å². The van der Waals surface area contributed by atoms with Crippen LogP contribution in [0, 0.1) is 12.8 Å². The summed E-state index contributed by atoms with van der Waals surface area (Å²) < 4.78 is 0. The zero-order valence-corrected chi connectivity index (χ0v) is 13.3. The zero-order chi connectivity index (χ0) is 14.3. The van der Waals surface area contributed by atoms with Gasteiger partial charge in [0.25, 0.3) is 0 Å². The van der Waals surface area contributed by atoms with Crippen LogP contribution < -0.4 is 5.32 Å². The molecule has 1 heterocycles. The van der Waals surface area contributed by atoms with Crippen LogP contribution in [0.15, 0.2) is 24.3 Å². The maximum Gasteiger partial charge on any atom is 0.0326 e. The predicted octanol–water partition coefficient (Wildman–Crippen LogP) is 3.52. The fourth-order valence-corrected chi connectivity index (χ4v) is 3.84. The van der Waals surface area contributed by atoms with Gasteiger partial charge in [0.2, 0.25) is 0 Å². The highest BCUT2D eigenvalue weighted by Gasteiger charge is 2.46. The summed E-state index contributed by atoms with van der Waals surface area (Å²) in [5, 5.41) is 3.82. The Bertz CT molecular complexity index is 480. The van der Waals surface area contributed by atoms with E-state index in [1.165, 1.54) is 30.5 Å². The number of piperazine rings is 1. The third kappa shape index (κ3) is 2.51. The lowest BCUT2D eigenvalue weighted by Gasteiger charge is -2.48. The molecule has 1 aromatic carbocycles. The van der Waals surface area contributed by atoms with Gasteiger partial charge in [-0.05, 0) is 57.6 Å². The normalized spacial score (nSPS) is 33.1. The molecule has 0 bridgehead atoms. The molecule has 0 amide bonds. The van der Waals surface area contributed by atoms with Gasteiger partial charge in [-0.15, -0.1) is 0 Å². The second kappa shape index (κ2) is 5.16. The number of rotatable bonds is 3. The minimum Gasteiger partial charge on any atom is -0.308 e. The third-order valence-electron chi connectivity index (χ3n) is 5.49. The zero-order valence-electron chi connectivity index (χ0n) is 13.3. The van der Waals surface area contributed by atoms with Gasteiger partial charge in [-0.3, -0.25) is 4.90 Å². The summed E-state index contributed by atoms with van der Waals surface area (Å²) in [5.74, 6) is 0.890. The van der Waals surface area contributed by atoms with Gasteiger partial charge in [0, 0.05) is 30.7 Å². The van der Waals surface area contributed by atoms with Crippen molar-refractivity contribution in [3.63, 3.8) is 0 Å². The van der Waals surface area contributed by atoms with Gasteiger partial charge < -0.3 is 5.32 Å². The van der Waals surface area contributed by atoms with Crippen LogP contribution in [-0.2, 0) is 0 Å². The number of benzene rings is 1. The fraction of sp³-hybridized carbons (Fsp3) is 0.667. The molecule has 1 aromatic rings. The number of aryl methyl sites for hydroxylation is 1. The molecule has 3 unspecified atom stereocenters. The van der Waals surface area contributed by atoms with Crippen molar-refractivity contribution in [3.05, 3.63) is 35.4 Å². The van der Waals surface area contributed by atoms with Crippen molar-refractivity contribution in [1.82, 2.24) is 10.2 Å². The molecular formula is C18H28N2. The van der Waals surface area contributed by atoms with E-state index < -0.39 is 0 Å². The molecule has 1 N–H and O–H groups in total. The second-order valence-corrected chi connectivity index (χ2v) is 7.13. The van der Waals surface area contributed by atoms with Gasteiger partial charge in [-0.2, -0.15) is 0 Å². The number of hydrogen-bond acceptors (Lipinski definition) is 2.